The summed E-state index contributed by atoms with van der Waals surface area (Å²) in [7, 11) is 3.21. The monoisotopic (exact) mass is 419 g/mol. The van der Waals surface area contributed by atoms with Crippen molar-refractivity contribution in [3.8, 4) is 11.5 Å². The Hall–Kier alpha value is -2.94. The Morgan fingerprint density at radius 3 is 2.34 bits per heavy atom. The van der Waals surface area contributed by atoms with Gasteiger partial charge in [-0.05, 0) is 30.3 Å². The summed E-state index contributed by atoms with van der Waals surface area (Å²) in [5, 5.41) is 0.822. The van der Waals surface area contributed by atoms with Crippen LogP contribution in [0.3, 0.4) is 0 Å². The summed E-state index contributed by atoms with van der Waals surface area (Å²) in [5.74, 6) is -0.886. The van der Waals surface area contributed by atoms with Crippen LogP contribution in [0.5, 0.6) is 11.5 Å². The number of methoxy groups -OCH3 is 2. The number of halogens is 2. The van der Waals surface area contributed by atoms with Crippen molar-refractivity contribution in [2.24, 2.45) is 0 Å². The number of rotatable bonds is 4. The number of ether oxygens (including phenoxy) is 2. The maximum absolute atomic E-state index is 13.4. The number of nitrogens with zero attached hydrogens (tertiary/aromatic N) is 3. The van der Waals surface area contributed by atoms with Gasteiger partial charge in [0.25, 0.3) is 5.91 Å². The fourth-order valence-corrected chi connectivity index (χ4v) is 4.45. The third-order valence-electron chi connectivity index (χ3n) is 4.90. The molecule has 1 fully saturated rings. The van der Waals surface area contributed by atoms with Crippen molar-refractivity contribution >= 4 is 32.6 Å². The second kappa shape index (κ2) is 7.82. The first-order valence-electron chi connectivity index (χ1n) is 9.02. The summed E-state index contributed by atoms with van der Waals surface area (Å²) >= 11 is 1.51. The second-order valence-corrected chi connectivity index (χ2v) is 7.53. The van der Waals surface area contributed by atoms with Gasteiger partial charge < -0.3 is 19.3 Å². The van der Waals surface area contributed by atoms with Gasteiger partial charge >= 0.3 is 0 Å². The molecule has 152 valence electrons. The molecule has 2 heterocycles. The van der Waals surface area contributed by atoms with E-state index in [0.717, 1.165) is 33.2 Å². The van der Waals surface area contributed by atoms with Crippen molar-refractivity contribution in [2.75, 3.05) is 45.3 Å². The molecule has 0 saturated carbocycles. The van der Waals surface area contributed by atoms with E-state index in [4.69, 9.17) is 14.5 Å². The van der Waals surface area contributed by atoms with Gasteiger partial charge in [-0.2, -0.15) is 0 Å². The lowest BCUT2D eigenvalue weighted by Crippen LogP contribution is -2.48. The zero-order valence-corrected chi connectivity index (χ0v) is 16.8. The SMILES string of the molecule is COc1ccc(OC)c2sc(N3CCN(C(=O)c4ccc(F)c(F)c4)CC3)nc12. The highest BCUT2D eigenvalue weighted by Crippen LogP contribution is 2.40. The van der Waals surface area contributed by atoms with Crippen LogP contribution in [0.1, 0.15) is 10.4 Å². The smallest absolute Gasteiger partial charge is 0.254 e. The molecule has 3 aromatic rings. The van der Waals surface area contributed by atoms with Gasteiger partial charge in [0.15, 0.2) is 16.8 Å². The summed E-state index contributed by atoms with van der Waals surface area (Å²) in [4.78, 5) is 21.0. The van der Waals surface area contributed by atoms with Crippen molar-refractivity contribution in [2.45, 2.75) is 0 Å². The molecule has 1 aliphatic rings. The number of amides is 1. The minimum absolute atomic E-state index is 0.145. The first-order valence-corrected chi connectivity index (χ1v) is 9.84. The molecule has 4 rings (SSSR count). The molecule has 6 nitrogen and oxygen atoms in total. The zero-order valence-electron chi connectivity index (χ0n) is 15.9. The van der Waals surface area contributed by atoms with Crippen molar-refractivity contribution < 1.29 is 23.0 Å². The molecule has 9 heteroatoms. The molecule has 0 bridgehead atoms. The van der Waals surface area contributed by atoms with Crippen molar-refractivity contribution in [3.05, 3.63) is 47.5 Å². The number of carbonyl (C=O) groups excluding carboxylic acids is 1. The van der Waals surface area contributed by atoms with E-state index < -0.39 is 11.6 Å². The fourth-order valence-electron chi connectivity index (χ4n) is 3.32. The number of thiazole rings is 1. The highest BCUT2D eigenvalue weighted by molar-refractivity contribution is 7.22. The van der Waals surface area contributed by atoms with Gasteiger partial charge in [-0.25, -0.2) is 13.8 Å². The van der Waals surface area contributed by atoms with Crippen LogP contribution in [0.25, 0.3) is 10.2 Å². The van der Waals surface area contributed by atoms with E-state index in [9.17, 15) is 13.6 Å². The molecule has 0 atom stereocenters. The molecule has 2 aromatic carbocycles. The Morgan fingerprint density at radius 1 is 1.00 bits per heavy atom. The van der Waals surface area contributed by atoms with Gasteiger partial charge in [-0.1, -0.05) is 11.3 Å². The molecule has 1 amide bonds. The van der Waals surface area contributed by atoms with E-state index in [2.05, 4.69) is 4.90 Å². The van der Waals surface area contributed by atoms with Crippen LogP contribution >= 0.6 is 11.3 Å². The van der Waals surface area contributed by atoms with Crippen LogP contribution in [0.15, 0.2) is 30.3 Å². The van der Waals surface area contributed by atoms with Crippen LogP contribution in [0.2, 0.25) is 0 Å². The van der Waals surface area contributed by atoms with E-state index in [1.165, 1.54) is 17.4 Å². The Morgan fingerprint density at radius 2 is 1.69 bits per heavy atom. The molecule has 1 aromatic heterocycles. The van der Waals surface area contributed by atoms with Crippen LogP contribution in [-0.2, 0) is 0 Å². The second-order valence-electron chi connectivity index (χ2n) is 6.55. The molecule has 29 heavy (non-hydrogen) atoms. The van der Waals surface area contributed by atoms with Gasteiger partial charge in [-0.15, -0.1) is 0 Å². The number of hydrogen-bond acceptors (Lipinski definition) is 6. The number of fused-ring (bicyclic) bond motifs is 1. The first kappa shape index (κ1) is 19.4. The van der Waals surface area contributed by atoms with Gasteiger partial charge in [0.05, 0.1) is 14.2 Å². The average Bonchev–Trinajstić information content (AvgIpc) is 3.20. The highest BCUT2D eigenvalue weighted by atomic mass is 32.1. The van der Waals surface area contributed by atoms with Gasteiger partial charge in [0.2, 0.25) is 0 Å². The number of hydrogen-bond donors (Lipinski definition) is 0. The van der Waals surface area contributed by atoms with Crippen molar-refractivity contribution in [1.29, 1.82) is 0 Å². The number of benzene rings is 2. The maximum atomic E-state index is 13.4. The van der Waals surface area contributed by atoms with Gasteiger partial charge in [0.1, 0.15) is 21.7 Å². The Balaban J connectivity index is 1.51. The molecule has 1 aliphatic heterocycles. The number of aromatic nitrogens is 1. The van der Waals surface area contributed by atoms with E-state index in [-0.39, 0.29) is 11.5 Å². The highest BCUT2D eigenvalue weighted by Gasteiger charge is 2.25. The van der Waals surface area contributed by atoms with E-state index in [0.29, 0.717) is 31.9 Å². The quantitative estimate of drug-likeness (QED) is 0.647. The van der Waals surface area contributed by atoms with E-state index in [1.807, 2.05) is 12.1 Å². The molecule has 0 aliphatic carbocycles. The summed E-state index contributed by atoms with van der Waals surface area (Å²) in [6, 6.07) is 6.89. The standard InChI is InChI=1S/C20H19F2N3O3S/c1-27-15-5-6-16(28-2)18-17(15)23-20(29-18)25-9-7-24(8-10-25)19(26)12-3-4-13(21)14(22)11-12/h3-6,11H,7-10H2,1-2H3. The first-order chi connectivity index (χ1) is 14.0. The summed E-state index contributed by atoms with van der Waals surface area (Å²) in [5.41, 5.74) is 0.888. The van der Waals surface area contributed by atoms with Gasteiger partial charge in [-0.3, -0.25) is 4.79 Å². The lowest BCUT2D eigenvalue weighted by Gasteiger charge is -2.34. The Bertz CT molecular complexity index is 1020. The number of anilines is 1. The molecular formula is C20H19F2N3O3S. The topological polar surface area (TPSA) is 54.9 Å². The summed E-state index contributed by atoms with van der Waals surface area (Å²) in [6.07, 6.45) is 0. The minimum Gasteiger partial charge on any atom is -0.495 e. The lowest BCUT2D eigenvalue weighted by molar-refractivity contribution is 0.0746. The Kier molecular flexibility index (Phi) is 5.23. The van der Waals surface area contributed by atoms with E-state index in [1.54, 1.807) is 19.1 Å². The minimum atomic E-state index is -1.02. The summed E-state index contributed by atoms with van der Waals surface area (Å²) in [6.45, 7) is 2.09. The Labute approximate surface area is 170 Å². The molecule has 1 saturated heterocycles. The molecular weight excluding hydrogens is 400 g/mol. The molecule has 0 unspecified atom stereocenters. The molecule has 0 radical (unpaired) electrons. The lowest BCUT2D eigenvalue weighted by atomic mass is 10.1. The normalized spacial score (nSPS) is 14.3. The maximum Gasteiger partial charge on any atom is 0.254 e. The van der Waals surface area contributed by atoms with Crippen LogP contribution in [-0.4, -0.2) is 56.2 Å². The van der Waals surface area contributed by atoms with E-state index >= 15 is 0 Å². The predicted octanol–water partition coefficient (Wildman–Crippen LogP) is 3.55. The predicted molar refractivity (Wildman–Crippen MR) is 107 cm³/mol. The van der Waals surface area contributed by atoms with Crippen LogP contribution in [0.4, 0.5) is 13.9 Å². The van der Waals surface area contributed by atoms with Crippen LogP contribution < -0.4 is 14.4 Å². The third kappa shape index (κ3) is 3.57. The van der Waals surface area contributed by atoms with Gasteiger partial charge in [0, 0.05) is 31.7 Å². The van der Waals surface area contributed by atoms with Crippen molar-refractivity contribution in [3.63, 3.8) is 0 Å². The molecule has 0 N–H and O–H groups in total. The summed E-state index contributed by atoms with van der Waals surface area (Å²) < 4.78 is 38.3. The average molecular weight is 419 g/mol. The largest absolute Gasteiger partial charge is 0.495 e. The molecule has 0 spiro atoms. The number of piperazine rings is 1. The van der Waals surface area contributed by atoms with Crippen LogP contribution in [0, 0.1) is 11.6 Å². The number of carbonyl (C=O) groups is 1. The third-order valence-corrected chi connectivity index (χ3v) is 6.03. The van der Waals surface area contributed by atoms with Crippen molar-refractivity contribution in [1.82, 2.24) is 9.88 Å². The zero-order chi connectivity index (χ0) is 20.5. The fraction of sp³-hybridized carbons (Fsp3) is 0.300.